The number of rotatable bonds is 5. The molecule has 1 aromatic heterocycles. The van der Waals surface area contributed by atoms with E-state index in [4.69, 9.17) is 5.11 Å². The van der Waals surface area contributed by atoms with Gasteiger partial charge in [0.15, 0.2) is 0 Å². The molecule has 0 atom stereocenters. The van der Waals surface area contributed by atoms with E-state index in [1.54, 1.807) is 11.3 Å². The zero-order chi connectivity index (χ0) is 11.5. The Labute approximate surface area is 102 Å². The van der Waals surface area contributed by atoms with Gasteiger partial charge in [-0.15, -0.1) is 11.3 Å². The van der Waals surface area contributed by atoms with Gasteiger partial charge in [-0.25, -0.2) is 0 Å². The molecule has 0 spiro atoms. The molecule has 0 saturated carbocycles. The number of nitrogens with one attached hydrogen (secondary N) is 1. The number of carboxylic acids is 1. The molecule has 1 heterocycles. The average molecular weight is 292 g/mol. The molecule has 5 heteroatoms. The SMILES string of the molecule is CC(C)(CNc1ccc(Br)s1)CC(=O)O. The van der Waals surface area contributed by atoms with E-state index < -0.39 is 5.97 Å². The molecule has 0 aliphatic carbocycles. The second-order valence-electron chi connectivity index (χ2n) is 4.19. The normalized spacial score (nSPS) is 11.4. The highest BCUT2D eigenvalue weighted by Gasteiger charge is 2.21. The van der Waals surface area contributed by atoms with Crippen LogP contribution in [0.2, 0.25) is 0 Å². The Balaban J connectivity index is 2.45. The summed E-state index contributed by atoms with van der Waals surface area (Å²) in [6.07, 6.45) is 0.173. The minimum Gasteiger partial charge on any atom is -0.481 e. The summed E-state index contributed by atoms with van der Waals surface area (Å²) in [6.45, 7) is 4.54. The van der Waals surface area contributed by atoms with E-state index in [0.717, 1.165) is 8.79 Å². The van der Waals surface area contributed by atoms with E-state index in [1.807, 2.05) is 26.0 Å². The number of anilines is 1. The molecule has 84 valence electrons. The molecule has 15 heavy (non-hydrogen) atoms. The lowest BCUT2D eigenvalue weighted by Gasteiger charge is -2.22. The summed E-state index contributed by atoms with van der Waals surface area (Å²) in [7, 11) is 0. The molecule has 0 aliphatic heterocycles. The van der Waals surface area contributed by atoms with Crippen molar-refractivity contribution in [3.8, 4) is 0 Å². The highest BCUT2D eigenvalue weighted by Crippen LogP contribution is 2.28. The molecule has 1 rings (SSSR count). The van der Waals surface area contributed by atoms with Crippen molar-refractivity contribution in [3.63, 3.8) is 0 Å². The lowest BCUT2D eigenvalue weighted by molar-refractivity contribution is -0.139. The minimum atomic E-state index is -0.755. The molecule has 2 N–H and O–H groups in total. The largest absolute Gasteiger partial charge is 0.481 e. The number of aliphatic carboxylic acids is 1. The first-order chi connectivity index (χ1) is 6.89. The number of hydrogen-bond acceptors (Lipinski definition) is 3. The fourth-order valence-corrected chi connectivity index (χ4v) is 2.49. The van der Waals surface area contributed by atoms with E-state index in [9.17, 15) is 4.79 Å². The van der Waals surface area contributed by atoms with Gasteiger partial charge in [0.05, 0.1) is 15.2 Å². The van der Waals surface area contributed by atoms with Crippen LogP contribution in [0.5, 0.6) is 0 Å². The molecule has 1 aromatic rings. The van der Waals surface area contributed by atoms with Gasteiger partial charge in [0.1, 0.15) is 0 Å². The number of hydrogen-bond donors (Lipinski definition) is 2. The molecule has 0 bridgehead atoms. The summed E-state index contributed by atoms with van der Waals surface area (Å²) in [6, 6.07) is 3.95. The van der Waals surface area contributed by atoms with E-state index >= 15 is 0 Å². The number of carboxylic acid groups (broad SMARTS) is 1. The second-order valence-corrected chi connectivity index (χ2v) is 6.66. The van der Waals surface area contributed by atoms with Crippen LogP contribution in [0.1, 0.15) is 20.3 Å². The van der Waals surface area contributed by atoms with Gasteiger partial charge >= 0.3 is 5.97 Å². The predicted octanol–water partition coefficient (Wildman–Crippen LogP) is 3.42. The first kappa shape index (κ1) is 12.5. The van der Waals surface area contributed by atoms with Gasteiger partial charge in [0.25, 0.3) is 0 Å². The van der Waals surface area contributed by atoms with E-state index in [-0.39, 0.29) is 11.8 Å². The molecular formula is C10H14BrNO2S. The van der Waals surface area contributed by atoms with Crippen LogP contribution >= 0.6 is 27.3 Å². The van der Waals surface area contributed by atoms with Crippen molar-refractivity contribution >= 4 is 38.2 Å². The van der Waals surface area contributed by atoms with Crippen molar-refractivity contribution in [1.82, 2.24) is 0 Å². The van der Waals surface area contributed by atoms with Crippen LogP contribution in [0.15, 0.2) is 15.9 Å². The Kier molecular flexibility index (Phi) is 4.16. The lowest BCUT2D eigenvalue weighted by Crippen LogP contribution is -2.25. The number of thiophene rings is 1. The van der Waals surface area contributed by atoms with Gasteiger partial charge in [0.2, 0.25) is 0 Å². The molecule has 3 nitrogen and oxygen atoms in total. The summed E-state index contributed by atoms with van der Waals surface area (Å²) >= 11 is 4.98. The third-order valence-electron chi connectivity index (χ3n) is 1.94. The fourth-order valence-electron chi connectivity index (χ4n) is 1.21. The molecular weight excluding hydrogens is 278 g/mol. The summed E-state index contributed by atoms with van der Waals surface area (Å²) in [4.78, 5) is 10.6. The van der Waals surface area contributed by atoms with Crippen LogP contribution in [-0.2, 0) is 4.79 Å². The smallest absolute Gasteiger partial charge is 0.303 e. The van der Waals surface area contributed by atoms with Crippen molar-refractivity contribution in [2.45, 2.75) is 20.3 Å². The molecule has 0 saturated heterocycles. The van der Waals surface area contributed by atoms with E-state index in [2.05, 4.69) is 21.2 Å². The fraction of sp³-hybridized carbons (Fsp3) is 0.500. The highest BCUT2D eigenvalue weighted by molar-refractivity contribution is 9.11. The van der Waals surface area contributed by atoms with Crippen LogP contribution in [0.4, 0.5) is 5.00 Å². The monoisotopic (exact) mass is 291 g/mol. The van der Waals surface area contributed by atoms with Crippen LogP contribution < -0.4 is 5.32 Å². The minimum absolute atomic E-state index is 0.173. The topological polar surface area (TPSA) is 49.3 Å². The number of carbonyl (C=O) groups is 1. The van der Waals surface area contributed by atoms with E-state index in [0.29, 0.717) is 6.54 Å². The molecule has 0 fully saturated rings. The predicted molar refractivity (Wildman–Crippen MR) is 66.5 cm³/mol. The van der Waals surface area contributed by atoms with Gasteiger partial charge < -0.3 is 10.4 Å². The van der Waals surface area contributed by atoms with Crippen LogP contribution in [0.25, 0.3) is 0 Å². The Bertz CT molecular complexity index is 349. The molecule has 0 aromatic carbocycles. The Morgan fingerprint density at radius 2 is 2.27 bits per heavy atom. The molecule has 0 radical (unpaired) electrons. The zero-order valence-electron chi connectivity index (χ0n) is 8.71. The van der Waals surface area contributed by atoms with Gasteiger partial charge in [-0.1, -0.05) is 13.8 Å². The van der Waals surface area contributed by atoms with Gasteiger partial charge in [-0.2, -0.15) is 0 Å². The van der Waals surface area contributed by atoms with Gasteiger partial charge in [0, 0.05) is 6.54 Å². The molecule has 0 unspecified atom stereocenters. The summed E-state index contributed by atoms with van der Waals surface area (Å²) in [5.74, 6) is -0.755. The zero-order valence-corrected chi connectivity index (χ0v) is 11.1. The highest BCUT2D eigenvalue weighted by atomic mass is 79.9. The molecule has 0 aliphatic rings. The van der Waals surface area contributed by atoms with Crippen molar-refractivity contribution in [2.24, 2.45) is 5.41 Å². The van der Waals surface area contributed by atoms with E-state index in [1.165, 1.54) is 0 Å². The number of halogens is 1. The van der Waals surface area contributed by atoms with Crippen LogP contribution in [0, 0.1) is 5.41 Å². The van der Waals surface area contributed by atoms with Crippen molar-refractivity contribution < 1.29 is 9.90 Å². The third kappa shape index (κ3) is 4.66. The maximum Gasteiger partial charge on any atom is 0.303 e. The van der Waals surface area contributed by atoms with Gasteiger partial charge in [-0.3, -0.25) is 4.79 Å². The first-order valence-corrected chi connectivity index (χ1v) is 6.21. The van der Waals surface area contributed by atoms with Gasteiger partial charge in [-0.05, 0) is 33.5 Å². The quantitative estimate of drug-likeness (QED) is 0.874. The second kappa shape index (κ2) is 4.99. The van der Waals surface area contributed by atoms with Crippen LogP contribution in [-0.4, -0.2) is 17.6 Å². The lowest BCUT2D eigenvalue weighted by atomic mass is 9.89. The standard InChI is InChI=1S/C10H14BrNO2S/c1-10(2,5-9(13)14)6-12-8-4-3-7(11)15-8/h3-4,12H,5-6H2,1-2H3,(H,13,14). The Hall–Kier alpha value is -0.550. The Morgan fingerprint density at radius 3 is 2.73 bits per heavy atom. The van der Waals surface area contributed by atoms with Crippen LogP contribution in [0.3, 0.4) is 0 Å². The molecule has 0 amide bonds. The van der Waals surface area contributed by atoms with Crippen molar-refractivity contribution in [3.05, 3.63) is 15.9 Å². The van der Waals surface area contributed by atoms with Crippen molar-refractivity contribution in [1.29, 1.82) is 0 Å². The summed E-state index contributed by atoms with van der Waals surface area (Å²) in [5.41, 5.74) is -0.234. The first-order valence-electron chi connectivity index (χ1n) is 4.60. The maximum atomic E-state index is 10.6. The summed E-state index contributed by atoms with van der Waals surface area (Å²) < 4.78 is 1.07. The average Bonchev–Trinajstić information content (AvgIpc) is 2.46. The third-order valence-corrected chi connectivity index (χ3v) is 3.53. The van der Waals surface area contributed by atoms with Crippen molar-refractivity contribution in [2.75, 3.05) is 11.9 Å². The summed E-state index contributed by atoms with van der Waals surface area (Å²) in [5, 5.41) is 13.0. The maximum absolute atomic E-state index is 10.6. The Morgan fingerprint density at radius 1 is 1.60 bits per heavy atom.